The third kappa shape index (κ3) is 5.40. The Balaban J connectivity index is 2.49. The third-order valence-corrected chi connectivity index (χ3v) is 5.47. The van der Waals surface area contributed by atoms with Crippen LogP contribution in [0, 0.1) is 0 Å². The molecule has 0 saturated carbocycles. The molecule has 26 heavy (non-hydrogen) atoms. The van der Waals surface area contributed by atoms with E-state index in [1.165, 1.54) is 18.9 Å². The number of esters is 2. The Labute approximate surface area is 166 Å². The van der Waals surface area contributed by atoms with E-state index < -0.39 is 17.2 Å². The van der Waals surface area contributed by atoms with Gasteiger partial charge in [-0.2, -0.15) is 0 Å². The van der Waals surface area contributed by atoms with Crippen LogP contribution in [0.5, 0.6) is 0 Å². The van der Waals surface area contributed by atoms with E-state index in [-0.39, 0.29) is 13.0 Å². The molecule has 0 aromatic heterocycles. The van der Waals surface area contributed by atoms with Crippen LogP contribution in [0.15, 0.2) is 47.4 Å². The van der Waals surface area contributed by atoms with Gasteiger partial charge in [-0.15, -0.1) is 11.8 Å². The zero-order chi connectivity index (χ0) is 19.1. The van der Waals surface area contributed by atoms with Gasteiger partial charge in [-0.3, -0.25) is 9.59 Å². The van der Waals surface area contributed by atoms with Crippen LogP contribution < -0.4 is 0 Å². The molecule has 138 valence electrons. The Bertz CT molecular complexity index is 781. The molecular formula is C19H18Cl2O4S. The van der Waals surface area contributed by atoms with Crippen LogP contribution in [0.25, 0.3) is 0 Å². The minimum atomic E-state index is -0.688. The second-order valence-electron chi connectivity index (χ2n) is 5.28. The Morgan fingerprint density at radius 2 is 1.77 bits per heavy atom. The highest BCUT2D eigenvalue weighted by atomic mass is 35.5. The molecule has 0 N–H and O–H groups in total. The van der Waals surface area contributed by atoms with Crippen molar-refractivity contribution in [2.45, 2.75) is 23.5 Å². The van der Waals surface area contributed by atoms with E-state index in [0.717, 1.165) is 4.90 Å². The molecule has 0 heterocycles. The largest absolute Gasteiger partial charge is 0.469 e. The number of carbonyl (C=O) groups is 2. The van der Waals surface area contributed by atoms with Gasteiger partial charge in [0.05, 0.1) is 30.2 Å². The molecule has 0 radical (unpaired) electrons. The molecule has 4 nitrogen and oxygen atoms in total. The molecule has 0 aliphatic heterocycles. The van der Waals surface area contributed by atoms with Crippen molar-refractivity contribution in [1.82, 2.24) is 0 Å². The zero-order valence-corrected chi connectivity index (χ0v) is 16.7. The lowest BCUT2D eigenvalue weighted by molar-refractivity contribution is -0.143. The van der Waals surface area contributed by atoms with E-state index in [1.807, 2.05) is 30.3 Å². The number of rotatable bonds is 7. The molecule has 0 spiro atoms. The highest BCUT2D eigenvalue weighted by Crippen LogP contribution is 2.40. The van der Waals surface area contributed by atoms with E-state index >= 15 is 0 Å². The van der Waals surface area contributed by atoms with Crippen molar-refractivity contribution in [3.8, 4) is 0 Å². The molecule has 2 aromatic rings. The lowest BCUT2D eigenvalue weighted by Gasteiger charge is -2.19. The van der Waals surface area contributed by atoms with Gasteiger partial charge in [0.15, 0.2) is 0 Å². The zero-order valence-electron chi connectivity index (χ0n) is 14.3. The molecular weight excluding hydrogens is 395 g/mol. The summed E-state index contributed by atoms with van der Waals surface area (Å²) in [7, 11) is 1.31. The van der Waals surface area contributed by atoms with Crippen molar-refractivity contribution in [3.63, 3.8) is 0 Å². The molecule has 0 fully saturated rings. The Morgan fingerprint density at radius 3 is 2.38 bits per heavy atom. The molecule has 1 unspecified atom stereocenters. The summed E-state index contributed by atoms with van der Waals surface area (Å²) < 4.78 is 9.98. The van der Waals surface area contributed by atoms with Crippen LogP contribution in [0.3, 0.4) is 0 Å². The minimum Gasteiger partial charge on any atom is -0.469 e. The quantitative estimate of drug-likeness (QED) is 0.467. The normalized spacial score (nSPS) is 11.7. The van der Waals surface area contributed by atoms with Crippen LogP contribution in [0.4, 0.5) is 0 Å². The fourth-order valence-electron chi connectivity index (χ4n) is 2.32. The summed E-state index contributed by atoms with van der Waals surface area (Å²) in [6.45, 7) is 1.99. The van der Waals surface area contributed by atoms with Crippen molar-refractivity contribution >= 4 is 46.9 Å². The maximum Gasteiger partial charge on any atom is 0.323 e. The number of hydrogen-bond donors (Lipinski definition) is 0. The van der Waals surface area contributed by atoms with Crippen LogP contribution in [0.2, 0.25) is 10.0 Å². The van der Waals surface area contributed by atoms with Gasteiger partial charge >= 0.3 is 11.9 Å². The number of thioether (sulfide) groups is 1. The first-order valence-electron chi connectivity index (χ1n) is 7.89. The van der Waals surface area contributed by atoms with Gasteiger partial charge in [0.2, 0.25) is 0 Å². The minimum absolute atomic E-state index is 0.0199. The monoisotopic (exact) mass is 412 g/mol. The van der Waals surface area contributed by atoms with Crippen molar-refractivity contribution < 1.29 is 19.1 Å². The van der Waals surface area contributed by atoms with Gasteiger partial charge in [0.25, 0.3) is 0 Å². The topological polar surface area (TPSA) is 52.6 Å². The summed E-state index contributed by atoms with van der Waals surface area (Å²) in [5.41, 5.74) is 1.16. The summed E-state index contributed by atoms with van der Waals surface area (Å²) >= 11 is 13.6. The summed E-state index contributed by atoms with van der Waals surface area (Å²) in [4.78, 5) is 25.3. The second-order valence-corrected chi connectivity index (χ2v) is 7.27. The van der Waals surface area contributed by atoms with Crippen LogP contribution in [-0.2, 0) is 25.5 Å². The lowest BCUT2D eigenvalue weighted by Crippen LogP contribution is -2.16. The highest BCUT2D eigenvalue weighted by Gasteiger charge is 2.27. The van der Waals surface area contributed by atoms with Gasteiger partial charge in [0.1, 0.15) is 5.25 Å². The first kappa shape index (κ1) is 20.6. The fourth-order valence-corrected chi connectivity index (χ4v) is 3.78. The molecule has 0 amide bonds. The first-order chi connectivity index (χ1) is 12.5. The lowest BCUT2D eigenvalue weighted by atomic mass is 10.0. The van der Waals surface area contributed by atoms with E-state index in [4.69, 9.17) is 32.7 Å². The number of carbonyl (C=O) groups excluding carboxylic acids is 2. The second kappa shape index (κ2) is 9.86. The van der Waals surface area contributed by atoms with Crippen molar-refractivity contribution in [2.24, 2.45) is 0 Å². The Kier molecular flexibility index (Phi) is 7.82. The van der Waals surface area contributed by atoms with E-state index in [0.29, 0.717) is 21.2 Å². The maximum atomic E-state index is 12.6. The van der Waals surface area contributed by atoms with Gasteiger partial charge in [-0.1, -0.05) is 41.4 Å². The fraction of sp³-hybridized carbons (Fsp3) is 0.263. The first-order valence-corrected chi connectivity index (χ1v) is 9.52. The predicted octanol–water partition coefficient (Wildman–Crippen LogP) is 5.11. The van der Waals surface area contributed by atoms with E-state index in [1.54, 1.807) is 19.1 Å². The summed E-state index contributed by atoms with van der Waals surface area (Å²) in [6, 6.07) is 12.7. The predicted molar refractivity (Wildman–Crippen MR) is 104 cm³/mol. The molecule has 2 aromatic carbocycles. The average Bonchev–Trinajstić information content (AvgIpc) is 2.63. The van der Waals surface area contributed by atoms with Gasteiger partial charge in [-0.25, -0.2) is 0 Å². The number of benzene rings is 2. The summed E-state index contributed by atoms with van der Waals surface area (Å²) in [6.07, 6.45) is -0.0199. The number of methoxy groups -OCH3 is 1. The van der Waals surface area contributed by atoms with Crippen LogP contribution >= 0.6 is 35.0 Å². The summed E-state index contributed by atoms with van der Waals surface area (Å²) in [5, 5.41) is -0.0772. The number of hydrogen-bond acceptors (Lipinski definition) is 5. The highest BCUT2D eigenvalue weighted by molar-refractivity contribution is 8.00. The molecule has 1 atom stereocenters. The molecule has 2 rings (SSSR count). The average molecular weight is 413 g/mol. The molecule has 0 aliphatic rings. The SMILES string of the molecule is CCOC(=O)C(Sc1ccccc1)c1cc(Cl)c(Cl)cc1CC(=O)OC. The van der Waals surface area contributed by atoms with Crippen molar-refractivity contribution in [1.29, 1.82) is 0 Å². The van der Waals surface area contributed by atoms with E-state index in [2.05, 4.69) is 0 Å². The van der Waals surface area contributed by atoms with Gasteiger partial charge in [-0.05, 0) is 42.3 Å². The third-order valence-electron chi connectivity index (χ3n) is 3.52. The van der Waals surface area contributed by atoms with E-state index in [9.17, 15) is 9.59 Å². The molecule has 0 saturated heterocycles. The van der Waals surface area contributed by atoms with Gasteiger partial charge in [0, 0.05) is 4.90 Å². The number of halogens is 2. The van der Waals surface area contributed by atoms with Crippen LogP contribution in [-0.4, -0.2) is 25.7 Å². The molecule has 7 heteroatoms. The van der Waals surface area contributed by atoms with Crippen molar-refractivity contribution in [2.75, 3.05) is 13.7 Å². The molecule has 0 bridgehead atoms. The Morgan fingerprint density at radius 1 is 1.12 bits per heavy atom. The maximum absolute atomic E-state index is 12.6. The Hall–Kier alpha value is -1.69. The van der Waals surface area contributed by atoms with Crippen LogP contribution in [0.1, 0.15) is 23.3 Å². The smallest absolute Gasteiger partial charge is 0.323 e. The van der Waals surface area contributed by atoms with Gasteiger partial charge < -0.3 is 9.47 Å². The number of ether oxygens (including phenoxy) is 2. The van der Waals surface area contributed by atoms with Crippen molar-refractivity contribution in [3.05, 3.63) is 63.6 Å². The molecule has 0 aliphatic carbocycles. The summed E-state index contributed by atoms with van der Waals surface area (Å²) in [5.74, 6) is -0.845. The standard InChI is InChI=1S/C19H18Cl2O4S/c1-3-25-19(23)18(26-13-7-5-4-6-8-13)14-11-16(21)15(20)9-12(14)10-17(22)24-2/h4-9,11,18H,3,10H2,1-2H3.